The molecule has 0 aromatic heterocycles. The van der Waals surface area contributed by atoms with Crippen molar-refractivity contribution in [2.24, 2.45) is 5.92 Å². The first-order chi connectivity index (χ1) is 9.97. The number of hydrogen-bond acceptors (Lipinski definition) is 2. The van der Waals surface area contributed by atoms with Gasteiger partial charge in [-0.1, -0.05) is 17.7 Å². The predicted octanol–water partition coefficient (Wildman–Crippen LogP) is 3.52. The smallest absolute Gasteiger partial charge is 0.404 e. The average molecular weight is 315 g/mol. The molecule has 1 fully saturated rings. The molecule has 1 aromatic carbocycles. The highest BCUT2D eigenvalue weighted by molar-refractivity contribution is 6.31. The third kappa shape index (κ3) is 4.32. The van der Waals surface area contributed by atoms with Gasteiger partial charge in [0.2, 0.25) is 0 Å². The maximum absolute atomic E-state index is 13.1. The van der Waals surface area contributed by atoms with Gasteiger partial charge in [-0.15, -0.1) is 0 Å². The number of piperidine rings is 1. The highest BCUT2D eigenvalue weighted by Gasteiger charge is 2.24. The van der Waals surface area contributed by atoms with Crippen molar-refractivity contribution in [3.63, 3.8) is 0 Å². The molecule has 1 heterocycles. The van der Waals surface area contributed by atoms with Crippen molar-refractivity contribution in [2.75, 3.05) is 19.6 Å². The molecule has 0 saturated carbocycles. The van der Waals surface area contributed by atoms with Crippen molar-refractivity contribution < 1.29 is 14.3 Å². The monoisotopic (exact) mass is 314 g/mol. The summed E-state index contributed by atoms with van der Waals surface area (Å²) in [7, 11) is 0. The van der Waals surface area contributed by atoms with Crippen LogP contribution < -0.4 is 5.32 Å². The number of carboxylic acid groups (broad SMARTS) is 1. The van der Waals surface area contributed by atoms with Crippen molar-refractivity contribution in [1.29, 1.82) is 0 Å². The second-order valence-corrected chi connectivity index (χ2v) is 5.91. The van der Waals surface area contributed by atoms with Gasteiger partial charge in [-0.2, -0.15) is 0 Å². The van der Waals surface area contributed by atoms with E-state index in [0.717, 1.165) is 31.5 Å². The lowest BCUT2D eigenvalue weighted by molar-refractivity contribution is 0.137. The molecule has 1 atom stereocenters. The van der Waals surface area contributed by atoms with E-state index >= 15 is 0 Å². The molecule has 4 nitrogen and oxygen atoms in total. The molecule has 1 aliphatic heterocycles. The number of likely N-dealkylation sites (tertiary alicyclic amines) is 1. The lowest BCUT2D eigenvalue weighted by atomic mass is 9.94. The Labute approximate surface area is 128 Å². The highest BCUT2D eigenvalue weighted by atomic mass is 35.5. The van der Waals surface area contributed by atoms with E-state index in [2.05, 4.69) is 17.1 Å². The van der Waals surface area contributed by atoms with Crippen molar-refractivity contribution in [3.05, 3.63) is 34.6 Å². The zero-order chi connectivity index (χ0) is 15.4. The second kappa shape index (κ2) is 7.09. The Kier molecular flexibility index (Phi) is 5.42. The predicted molar refractivity (Wildman–Crippen MR) is 80.1 cm³/mol. The fourth-order valence-electron chi connectivity index (χ4n) is 2.81. The molecular weight excluding hydrogens is 295 g/mol. The van der Waals surface area contributed by atoms with Crippen molar-refractivity contribution in [2.45, 2.75) is 25.8 Å². The quantitative estimate of drug-likeness (QED) is 0.894. The molecule has 21 heavy (non-hydrogen) atoms. The molecule has 0 spiro atoms. The van der Waals surface area contributed by atoms with Crippen LogP contribution in [0.1, 0.15) is 31.4 Å². The van der Waals surface area contributed by atoms with Crippen LogP contribution in [0.3, 0.4) is 0 Å². The SMILES string of the molecule is CC(c1ccc(F)cc1Cl)N1CCC(CNC(=O)O)CC1. The number of hydrogen-bond donors (Lipinski definition) is 2. The summed E-state index contributed by atoms with van der Waals surface area (Å²) in [6.45, 7) is 4.35. The molecule has 1 aliphatic rings. The Bertz CT molecular complexity index is 504. The molecule has 0 bridgehead atoms. The van der Waals surface area contributed by atoms with Gasteiger partial charge in [0.25, 0.3) is 0 Å². The topological polar surface area (TPSA) is 52.6 Å². The van der Waals surface area contributed by atoms with E-state index in [-0.39, 0.29) is 11.9 Å². The van der Waals surface area contributed by atoms with Gasteiger partial charge in [0, 0.05) is 17.6 Å². The Hall–Kier alpha value is -1.33. The van der Waals surface area contributed by atoms with Gasteiger partial charge < -0.3 is 10.4 Å². The van der Waals surface area contributed by atoms with Crippen molar-refractivity contribution in [1.82, 2.24) is 10.2 Å². The molecule has 1 aromatic rings. The second-order valence-electron chi connectivity index (χ2n) is 5.51. The molecule has 1 saturated heterocycles. The first kappa shape index (κ1) is 16.0. The summed E-state index contributed by atoms with van der Waals surface area (Å²) in [5.74, 6) is 0.0580. The minimum atomic E-state index is -0.969. The van der Waals surface area contributed by atoms with Crippen molar-refractivity contribution >= 4 is 17.7 Å². The van der Waals surface area contributed by atoms with E-state index in [4.69, 9.17) is 16.7 Å². The van der Waals surface area contributed by atoms with Gasteiger partial charge >= 0.3 is 6.09 Å². The molecule has 1 amide bonds. The summed E-state index contributed by atoms with van der Waals surface area (Å²) in [6, 6.07) is 4.64. The van der Waals surface area contributed by atoms with E-state index in [1.807, 2.05) is 0 Å². The fraction of sp³-hybridized carbons (Fsp3) is 0.533. The van der Waals surface area contributed by atoms with Gasteiger partial charge in [0.05, 0.1) is 0 Å². The number of nitrogens with one attached hydrogen (secondary N) is 1. The van der Waals surface area contributed by atoms with Crippen LogP contribution in [0.15, 0.2) is 18.2 Å². The van der Waals surface area contributed by atoms with Crippen LogP contribution in [0.25, 0.3) is 0 Å². The molecular formula is C15H20ClFN2O2. The standard InChI is InChI=1S/C15H20ClFN2O2/c1-10(13-3-2-12(17)8-14(13)16)19-6-4-11(5-7-19)9-18-15(20)21/h2-3,8,10-11,18H,4-7,9H2,1H3,(H,20,21). The third-order valence-corrected chi connectivity index (χ3v) is 4.48. The van der Waals surface area contributed by atoms with Crippen LogP contribution in [0.2, 0.25) is 5.02 Å². The van der Waals surface area contributed by atoms with Crippen LogP contribution in [0.5, 0.6) is 0 Å². The van der Waals surface area contributed by atoms with E-state index < -0.39 is 6.09 Å². The van der Waals surface area contributed by atoms with Crippen LogP contribution in [0, 0.1) is 11.7 Å². The third-order valence-electron chi connectivity index (χ3n) is 4.15. The molecule has 1 unspecified atom stereocenters. The van der Waals surface area contributed by atoms with Gasteiger partial charge in [0.1, 0.15) is 5.82 Å². The van der Waals surface area contributed by atoms with E-state index in [1.165, 1.54) is 12.1 Å². The maximum Gasteiger partial charge on any atom is 0.404 e. The Morgan fingerprint density at radius 2 is 2.19 bits per heavy atom. The van der Waals surface area contributed by atoms with Crippen LogP contribution in [-0.4, -0.2) is 35.7 Å². The number of benzene rings is 1. The normalized spacial score (nSPS) is 18.4. The fourth-order valence-corrected chi connectivity index (χ4v) is 3.14. The highest BCUT2D eigenvalue weighted by Crippen LogP contribution is 2.31. The van der Waals surface area contributed by atoms with Gasteiger partial charge in [-0.05, 0) is 56.5 Å². The summed E-state index contributed by atoms with van der Waals surface area (Å²) >= 11 is 6.11. The minimum absolute atomic E-state index is 0.131. The summed E-state index contributed by atoms with van der Waals surface area (Å²) < 4.78 is 13.1. The summed E-state index contributed by atoms with van der Waals surface area (Å²) in [4.78, 5) is 12.8. The summed E-state index contributed by atoms with van der Waals surface area (Å²) in [6.07, 6.45) is 0.927. The van der Waals surface area contributed by atoms with Gasteiger partial charge in [-0.25, -0.2) is 9.18 Å². The summed E-state index contributed by atoms with van der Waals surface area (Å²) in [5.41, 5.74) is 0.931. The van der Waals surface area contributed by atoms with Crippen LogP contribution in [0.4, 0.5) is 9.18 Å². The lowest BCUT2D eigenvalue weighted by Crippen LogP contribution is -2.39. The van der Waals surface area contributed by atoms with E-state index in [1.54, 1.807) is 6.07 Å². The summed E-state index contributed by atoms with van der Waals surface area (Å²) in [5, 5.41) is 11.5. The zero-order valence-corrected chi connectivity index (χ0v) is 12.7. The Balaban J connectivity index is 1.90. The number of nitrogens with zero attached hydrogens (tertiary/aromatic N) is 1. The van der Waals surface area contributed by atoms with Gasteiger partial charge in [-0.3, -0.25) is 4.90 Å². The zero-order valence-electron chi connectivity index (χ0n) is 12.0. The van der Waals surface area contributed by atoms with Crippen LogP contribution >= 0.6 is 11.6 Å². The number of rotatable bonds is 4. The lowest BCUT2D eigenvalue weighted by Gasteiger charge is -2.36. The Morgan fingerprint density at radius 3 is 2.76 bits per heavy atom. The number of amides is 1. The number of carbonyl (C=O) groups is 1. The first-order valence-corrected chi connectivity index (χ1v) is 7.51. The minimum Gasteiger partial charge on any atom is -0.465 e. The number of halogens is 2. The van der Waals surface area contributed by atoms with Gasteiger partial charge in [0.15, 0.2) is 0 Å². The first-order valence-electron chi connectivity index (χ1n) is 7.13. The molecule has 116 valence electrons. The maximum atomic E-state index is 13.1. The van der Waals surface area contributed by atoms with E-state index in [9.17, 15) is 9.18 Å². The van der Waals surface area contributed by atoms with Crippen molar-refractivity contribution in [3.8, 4) is 0 Å². The largest absolute Gasteiger partial charge is 0.465 e. The van der Waals surface area contributed by atoms with E-state index in [0.29, 0.717) is 17.5 Å². The van der Waals surface area contributed by atoms with Crippen LogP contribution in [-0.2, 0) is 0 Å². The Morgan fingerprint density at radius 1 is 1.52 bits per heavy atom. The molecule has 0 aliphatic carbocycles. The molecule has 2 N–H and O–H groups in total. The molecule has 0 radical (unpaired) electrons. The average Bonchev–Trinajstić information content (AvgIpc) is 2.45. The molecule has 2 rings (SSSR count). The molecule has 6 heteroatoms.